The molecule has 0 amide bonds. The summed E-state index contributed by atoms with van der Waals surface area (Å²) in [4.78, 5) is 4.22. The second-order valence-electron chi connectivity index (χ2n) is 3.53. The molecule has 1 aliphatic rings. The third kappa shape index (κ3) is 1.49. The Bertz CT molecular complexity index is 342. The molecule has 0 spiro atoms. The Labute approximate surface area is 78.7 Å². The molecule has 2 rings (SSSR count). The van der Waals surface area contributed by atoms with Gasteiger partial charge in [-0.2, -0.15) is 0 Å². The van der Waals surface area contributed by atoms with Crippen LogP contribution in [0.2, 0.25) is 0 Å². The molecule has 2 heteroatoms. The molecule has 0 fully saturated rings. The number of pyridine rings is 1. The second kappa shape index (κ2) is 3.30. The molecule has 68 valence electrons. The molecular formula is C11H14N2. The second-order valence-corrected chi connectivity index (χ2v) is 3.53. The van der Waals surface area contributed by atoms with Gasteiger partial charge in [0.1, 0.15) is 0 Å². The van der Waals surface area contributed by atoms with Crippen molar-refractivity contribution < 1.29 is 0 Å². The van der Waals surface area contributed by atoms with Gasteiger partial charge in [0.2, 0.25) is 0 Å². The number of fused-ring (bicyclic) bond motifs is 1. The Kier molecular flexibility index (Phi) is 2.15. The number of hydrogen-bond donors (Lipinski definition) is 1. The molecule has 0 saturated heterocycles. The van der Waals surface area contributed by atoms with Crippen LogP contribution in [0.3, 0.4) is 0 Å². The number of hydrogen-bond acceptors (Lipinski definition) is 2. The third-order valence-corrected chi connectivity index (χ3v) is 2.47. The minimum atomic E-state index is 0.948. The van der Waals surface area contributed by atoms with Crippen molar-refractivity contribution in [2.45, 2.75) is 19.9 Å². The van der Waals surface area contributed by atoms with E-state index < -0.39 is 0 Å². The normalized spacial score (nSPS) is 15.2. The van der Waals surface area contributed by atoms with Crippen LogP contribution in [-0.2, 0) is 13.0 Å². The lowest BCUT2D eigenvalue weighted by molar-refractivity contribution is 0.639. The first-order valence-electron chi connectivity index (χ1n) is 4.61. The zero-order valence-corrected chi connectivity index (χ0v) is 7.93. The van der Waals surface area contributed by atoms with Gasteiger partial charge in [-0.05, 0) is 42.2 Å². The number of nitrogens with one attached hydrogen (secondary N) is 1. The van der Waals surface area contributed by atoms with Crippen molar-refractivity contribution in [3.8, 4) is 0 Å². The zero-order valence-electron chi connectivity index (χ0n) is 7.93. The molecule has 2 heterocycles. The fourth-order valence-corrected chi connectivity index (χ4v) is 1.78. The molecule has 1 N–H and O–H groups in total. The van der Waals surface area contributed by atoms with Crippen LogP contribution in [0.5, 0.6) is 0 Å². The molecule has 0 radical (unpaired) electrons. The van der Waals surface area contributed by atoms with E-state index in [2.05, 4.69) is 16.9 Å². The highest BCUT2D eigenvalue weighted by Crippen LogP contribution is 2.22. The predicted molar refractivity (Wildman–Crippen MR) is 54.4 cm³/mol. The van der Waals surface area contributed by atoms with Crippen molar-refractivity contribution in [2.24, 2.45) is 0 Å². The smallest absolute Gasteiger partial charge is 0.0345 e. The monoisotopic (exact) mass is 174 g/mol. The van der Waals surface area contributed by atoms with Crippen molar-refractivity contribution >= 4 is 5.57 Å². The summed E-state index contributed by atoms with van der Waals surface area (Å²) in [7, 11) is 0. The highest BCUT2D eigenvalue weighted by Gasteiger charge is 2.12. The van der Waals surface area contributed by atoms with E-state index in [1.165, 1.54) is 16.7 Å². The first kappa shape index (κ1) is 8.45. The topological polar surface area (TPSA) is 24.9 Å². The first-order valence-corrected chi connectivity index (χ1v) is 4.61. The fourth-order valence-electron chi connectivity index (χ4n) is 1.78. The minimum Gasteiger partial charge on any atom is -0.312 e. The van der Waals surface area contributed by atoms with Crippen LogP contribution < -0.4 is 5.32 Å². The van der Waals surface area contributed by atoms with Gasteiger partial charge in [0.05, 0.1) is 0 Å². The molecule has 13 heavy (non-hydrogen) atoms. The zero-order chi connectivity index (χ0) is 9.26. The van der Waals surface area contributed by atoms with Crippen LogP contribution in [0, 0.1) is 0 Å². The van der Waals surface area contributed by atoms with Crippen molar-refractivity contribution in [1.82, 2.24) is 10.3 Å². The molecule has 0 aliphatic carbocycles. The summed E-state index contributed by atoms with van der Waals surface area (Å²) in [5.74, 6) is 0. The Morgan fingerprint density at radius 1 is 1.54 bits per heavy atom. The van der Waals surface area contributed by atoms with Crippen molar-refractivity contribution in [2.75, 3.05) is 6.54 Å². The lowest BCUT2D eigenvalue weighted by atomic mass is 9.95. The summed E-state index contributed by atoms with van der Waals surface area (Å²) in [6, 6.07) is 0. The van der Waals surface area contributed by atoms with E-state index >= 15 is 0 Å². The van der Waals surface area contributed by atoms with Crippen LogP contribution >= 0.6 is 0 Å². The van der Waals surface area contributed by atoms with Crippen molar-refractivity contribution in [3.63, 3.8) is 0 Å². The van der Waals surface area contributed by atoms with E-state index in [9.17, 15) is 0 Å². The van der Waals surface area contributed by atoms with Crippen LogP contribution in [0.15, 0.2) is 19.0 Å². The lowest BCUT2D eigenvalue weighted by Crippen LogP contribution is -2.24. The molecule has 0 atom stereocenters. The highest BCUT2D eigenvalue weighted by molar-refractivity contribution is 5.65. The fraction of sp³-hybridized carbons (Fsp3) is 0.364. The third-order valence-electron chi connectivity index (χ3n) is 2.47. The summed E-state index contributed by atoms with van der Waals surface area (Å²) in [6.45, 7) is 8.03. The summed E-state index contributed by atoms with van der Waals surface area (Å²) in [5.41, 5.74) is 5.11. The molecule has 1 aliphatic heterocycles. The summed E-state index contributed by atoms with van der Waals surface area (Å²) in [6.07, 6.45) is 4.97. The summed E-state index contributed by atoms with van der Waals surface area (Å²) >= 11 is 0. The molecule has 0 bridgehead atoms. The average molecular weight is 174 g/mol. The largest absolute Gasteiger partial charge is 0.312 e. The quantitative estimate of drug-likeness (QED) is 0.701. The molecule has 0 saturated carbocycles. The average Bonchev–Trinajstić information content (AvgIpc) is 2.17. The van der Waals surface area contributed by atoms with Crippen molar-refractivity contribution in [3.05, 3.63) is 35.7 Å². The van der Waals surface area contributed by atoms with Gasteiger partial charge in [-0.25, -0.2) is 0 Å². The van der Waals surface area contributed by atoms with Gasteiger partial charge in [-0.3, -0.25) is 4.98 Å². The van der Waals surface area contributed by atoms with Gasteiger partial charge < -0.3 is 5.32 Å². The maximum atomic E-state index is 4.22. The van der Waals surface area contributed by atoms with E-state index in [0.29, 0.717) is 0 Å². The van der Waals surface area contributed by atoms with Gasteiger partial charge in [-0.1, -0.05) is 6.58 Å². The Balaban J connectivity index is 2.52. The molecule has 1 aromatic heterocycles. The number of nitrogens with zero attached hydrogens (tertiary/aromatic N) is 1. The maximum Gasteiger partial charge on any atom is 0.0345 e. The summed E-state index contributed by atoms with van der Waals surface area (Å²) < 4.78 is 0. The van der Waals surface area contributed by atoms with E-state index in [4.69, 9.17) is 0 Å². The molecule has 0 unspecified atom stereocenters. The van der Waals surface area contributed by atoms with Gasteiger partial charge in [0.25, 0.3) is 0 Å². The van der Waals surface area contributed by atoms with Crippen LogP contribution in [0.4, 0.5) is 0 Å². The highest BCUT2D eigenvalue weighted by atomic mass is 14.9. The van der Waals surface area contributed by atoms with E-state index in [1.54, 1.807) is 0 Å². The first-order chi connectivity index (χ1) is 6.29. The number of aromatic nitrogens is 1. The van der Waals surface area contributed by atoms with E-state index in [0.717, 1.165) is 25.1 Å². The van der Waals surface area contributed by atoms with E-state index in [1.807, 2.05) is 19.3 Å². The maximum absolute atomic E-state index is 4.22. The molecule has 1 aromatic rings. The SMILES string of the molecule is C=C(C)c1cncc2c1CCNC2. The molecule has 0 aromatic carbocycles. The Morgan fingerprint density at radius 3 is 3.15 bits per heavy atom. The minimum absolute atomic E-state index is 0.948. The lowest BCUT2D eigenvalue weighted by Gasteiger charge is -2.19. The van der Waals surface area contributed by atoms with Crippen LogP contribution in [0.25, 0.3) is 5.57 Å². The molecule has 2 nitrogen and oxygen atoms in total. The predicted octanol–water partition coefficient (Wildman–Crippen LogP) is 1.76. The summed E-state index contributed by atoms with van der Waals surface area (Å²) in [5, 5.41) is 3.34. The van der Waals surface area contributed by atoms with Gasteiger partial charge in [-0.15, -0.1) is 0 Å². The molecular weight excluding hydrogens is 160 g/mol. The Hall–Kier alpha value is -1.15. The standard InChI is InChI=1S/C11H14N2/c1-8(2)11-7-13-6-9-5-12-4-3-10(9)11/h6-7,12H,1,3-5H2,2H3. The van der Waals surface area contributed by atoms with Gasteiger partial charge in [0.15, 0.2) is 0 Å². The van der Waals surface area contributed by atoms with Gasteiger partial charge in [0, 0.05) is 18.9 Å². The van der Waals surface area contributed by atoms with Crippen molar-refractivity contribution in [1.29, 1.82) is 0 Å². The number of rotatable bonds is 1. The Morgan fingerprint density at radius 2 is 2.38 bits per heavy atom. The van der Waals surface area contributed by atoms with Crippen LogP contribution in [-0.4, -0.2) is 11.5 Å². The van der Waals surface area contributed by atoms with E-state index in [-0.39, 0.29) is 0 Å². The van der Waals surface area contributed by atoms with Crippen LogP contribution in [0.1, 0.15) is 23.6 Å². The number of allylic oxidation sites excluding steroid dienone is 1. The van der Waals surface area contributed by atoms with Gasteiger partial charge >= 0.3 is 0 Å².